The number of carbonyl (C=O) groups excluding carboxylic acids is 2. The molecule has 2 aliphatic heterocycles. The van der Waals surface area contributed by atoms with E-state index in [1.807, 2.05) is 26.8 Å². The lowest BCUT2D eigenvalue weighted by atomic mass is 9.84. The highest BCUT2D eigenvalue weighted by atomic mass is 16.5. The van der Waals surface area contributed by atoms with Gasteiger partial charge in [-0.2, -0.15) is 0 Å². The van der Waals surface area contributed by atoms with Gasteiger partial charge in [-0.05, 0) is 106 Å². The van der Waals surface area contributed by atoms with Crippen molar-refractivity contribution in [2.45, 2.75) is 87.2 Å². The predicted molar refractivity (Wildman–Crippen MR) is 193 cm³/mol. The van der Waals surface area contributed by atoms with Crippen LogP contribution in [0.4, 0.5) is 0 Å². The van der Waals surface area contributed by atoms with E-state index in [1.54, 1.807) is 0 Å². The second kappa shape index (κ2) is 13.4. The molecule has 1 fully saturated rings. The van der Waals surface area contributed by atoms with Crippen molar-refractivity contribution < 1.29 is 24.2 Å². The molecule has 3 aliphatic rings. The summed E-state index contributed by atoms with van der Waals surface area (Å²) in [5.74, 6) is -1.87. The van der Waals surface area contributed by atoms with Crippen LogP contribution in [0.3, 0.4) is 0 Å². The number of aromatic amines is 3. The number of aliphatic hydroxyl groups is 1. The Labute approximate surface area is 288 Å². The van der Waals surface area contributed by atoms with Crippen LogP contribution in [0.2, 0.25) is 0 Å². The van der Waals surface area contributed by atoms with Crippen molar-refractivity contribution in [3.63, 3.8) is 0 Å². The summed E-state index contributed by atoms with van der Waals surface area (Å²) >= 11 is 0. The third kappa shape index (κ3) is 5.92. The van der Waals surface area contributed by atoms with Gasteiger partial charge in [0.2, 0.25) is 0 Å². The van der Waals surface area contributed by atoms with Crippen LogP contribution in [0.5, 0.6) is 0 Å². The van der Waals surface area contributed by atoms with Gasteiger partial charge in [0.05, 0.1) is 18.9 Å². The summed E-state index contributed by atoms with van der Waals surface area (Å²) in [6, 6.07) is 0. The Bertz CT molecular complexity index is 2040. The van der Waals surface area contributed by atoms with Gasteiger partial charge in [0.15, 0.2) is 0 Å². The topological polar surface area (TPSA) is 132 Å². The molecule has 0 spiro atoms. The number of ether oxygens (including phenoxy) is 2. The van der Waals surface area contributed by atoms with Crippen molar-refractivity contribution >= 4 is 35.7 Å². The van der Waals surface area contributed by atoms with Crippen molar-refractivity contribution in [1.82, 2.24) is 20.3 Å². The quantitative estimate of drug-likeness (QED) is 0.161. The molecule has 0 amide bonds. The number of rotatable bonds is 8. The van der Waals surface area contributed by atoms with Crippen LogP contribution in [0.1, 0.15) is 110 Å². The molecule has 4 atom stereocenters. The van der Waals surface area contributed by atoms with E-state index in [2.05, 4.69) is 73.1 Å². The van der Waals surface area contributed by atoms with Gasteiger partial charge in [0, 0.05) is 68.6 Å². The summed E-state index contributed by atoms with van der Waals surface area (Å²) in [5.41, 5.74) is 13.7. The molecule has 6 rings (SSSR count). The molecule has 8 bridgehead atoms. The van der Waals surface area contributed by atoms with Crippen LogP contribution in [0, 0.1) is 38.5 Å². The fourth-order valence-electron chi connectivity index (χ4n) is 8.06. The van der Waals surface area contributed by atoms with E-state index in [0.717, 1.165) is 68.8 Å². The second-order valence-corrected chi connectivity index (χ2v) is 14.0. The number of carbonyl (C=O) groups is 2. The van der Waals surface area contributed by atoms with E-state index >= 15 is 0 Å². The molecule has 9 nitrogen and oxygen atoms in total. The molecule has 1 aliphatic carbocycles. The number of aromatic nitrogens is 3. The fraction of sp³-hybridized carbons (Fsp3) is 0.450. The molecule has 0 saturated carbocycles. The van der Waals surface area contributed by atoms with E-state index in [-0.39, 0.29) is 30.8 Å². The molecular weight excluding hydrogens is 616 g/mol. The molecule has 0 aromatic carbocycles. The van der Waals surface area contributed by atoms with Crippen molar-refractivity contribution in [2.24, 2.45) is 17.8 Å². The maximum absolute atomic E-state index is 13.5. The molecular formula is C40H50N4O5. The predicted octanol–water partition coefficient (Wildman–Crippen LogP) is 5.43. The lowest BCUT2D eigenvalue weighted by Crippen LogP contribution is -2.24. The Morgan fingerprint density at radius 3 is 2.27 bits per heavy atom. The van der Waals surface area contributed by atoms with Gasteiger partial charge in [0.25, 0.3) is 0 Å². The van der Waals surface area contributed by atoms with Crippen molar-refractivity contribution in [1.29, 1.82) is 0 Å². The van der Waals surface area contributed by atoms with Gasteiger partial charge in [-0.15, -0.1) is 0 Å². The minimum atomic E-state index is -1.10. The zero-order valence-electron chi connectivity index (χ0n) is 30.2. The number of H-pyrrole nitrogens is 3. The van der Waals surface area contributed by atoms with Gasteiger partial charge >= 0.3 is 11.9 Å². The highest BCUT2D eigenvalue weighted by molar-refractivity contribution is 5.95. The van der Waals surface area contributed by atoms with E-state index < -0.39 is 18.0 Å². The first kappa shape index (κ1) is 34.4. The minimum Gasteiger partial charge on any atom is -0.468 e. The number of methoxy groups -OCH3 is 1. The lowest BCUT2D eigenvalue weighted by Gasteiger charge is -2.21. The highest BCUT2D eigenvalue weighted by Crippen LogP contribution is 2.52. The summed E-state index contributed by atoms with van der Waals surface area (Å²) in [5, 5.41) is 17.6. The average molecular weight is 667 g/mol. The zero-order valence-corrected chi connectivity index (χ0v) is 30.2. The van der Waals surface area contributed by atoms with Crippen molar-refractivity contribution in [2.75, 3.05) is 13.7 Å². The maximum Gasteiger partial charge on any atom is 0.316 e. The molecule has 1 saturated heterocycles. The third-order valence-electron chi connectivity index (χ3n) is 10.9. The molecule has 3 aromatic rings. The van der Waals surface area contributed by atoms with Crippen molar-refractivity contribution in [3.8, 4) is 0 Å². The summed E-state index contributed by atoms with van der Waals surface area (Å²) in [7, 11) is 1.36. The number of hydrogen-bond donors (Lipinski definition) is 5. The first-order valence-electron chi connectivity index (χ1n) is 17.5. The first-order chi connectivity index (χ1) is 23.4. The standard InChI is InChI=1S/C40H50N4O5/c1-10-24-20(5)27-16-29-22(7)26(12-13-33(45)49-15-14-19(3)4)37(43-29)35-36(40(47)48-9)39(46)34-23(8)30(44-38(34)35)18-32-25(11-2)21(6)28(42-32)17-31(24)41-27/h14,16-18,22,26,36,39,41-44,46H,10-13,15H2,1-9H3/b28-17-,29-16-,32-18-,37-35-/t22-,26-,36+,39-/m0/s1. The molecule has 9 heteroatoms. The van der Waals surface area contributed by atoms with Gasteiger partial charge in [-0.1, -0.05) is 26.3 Å². The summed E-state index contributed by atoms with van der Waals surface area (Å²) < 4.78 is 10.8. The maximum atomic E-state index is 13.5. The second-order valence-electron chi connectivity index (χ2n) is 14.0. The van der Waals surface area contributed by atoms with E-state index in [1.165, 1.54) is 29.4 Å². The molecule has 49 heavy (non-hydrogen) atoms. The number of hydrogen-bond acceptors (Lipinski definition) is 6. The van der Waals surface area contributed by atoms with Gasteiger partial charge in [-0.3, -0.25) is 9.59 Å². The third-order valence-corrected chi connectivity index (χ3v) is 10.9. The van der Waals surface area contributed by atoms with Gasteiger partial charge in [0.1, 0.15) is 12.5 Å². The SMILES string of the molecule is CCc1c2[nH]c(c1C)/C=C1\N/C(=C3\c4[nH]c(c(C)c4[C@H](O)[C@@H]3C(=O)OC)/C=c3\[nH]/c(c(C)c3CC)=C\2)[C@@H](CCC(=O)OCC=C(C)C)[C@@H]1C. The van der Waals surface area contributed by atoms with E-state index in [4.69, 9.17) is 9.47 Å². The molecule has 5 heterocycles. The van der Waals surface area contributed by atoms with Crippen molar-refractivity contribution in [3.05, 3.63) is 89.9 Å². The number of allylic oxidation sites excluding steroid dienone is 3. The summed E-state index contributed by atoms with van der Waals surface area (Å²) in [6.45, 7) is 17.0. The molecule has 260 valence electrons. The average Bonchev–Trinajstić information content (AvgIpc) is 3.80. The zero-order chi connectivity index (χ0) is 35.3. The summed E-state index contributed by atoms with van der Waals surface area (Å²) in [4.78, 5) is 37.4. The normalized spacial score (nSPS) is 24.7. The fourth-order valence-corrected chi connectivity index (χ4v) is 8.06. The Morgan fingerprint density at radius 1 is 0.898 bits per heavy atom. The first-order valence-corrected chi connectivity index (χ1v) is 17.5. The Kier molecular flexibility index (Phi) is 9.42. The minimum absolute atomic E-state index is 0.0227. The molecule has 5 N–H and O–H groups in total. The lowest BCUT2D eigenvalue weighted by molar-refractivity contribution is -0.146. The van der Waals surface area contributed by atoms with Crippen LogP contribution in [-0.2, 0) is 31.9 Å². The van der Waals surface area contributed by atoms with Crippen LogP contribution < -0.4 is 16.0 Å². The monoisotopic (exact) mass is 666 g/mol. The van der Waals surface area contributed by atoms with Crippen LogP contribution >= 0.6 is 0 Å². The molecule has 0 unspecified atom stereocenters. The largest absolute Gasteiger partial charge is 0.468 e. The number of aliphatic hydroxyl groups excluding tert-OH is 1. The van der Waals surface area contributed by atoms with E-state index in [0.29, 0.717) is 17.6 Å². The Balaban J connectivity index is 1.61. The Hall–Kier alpha value is -4.50. The smallest absolute Gasteiger partial charge is 0.316 e. The van der Waals surface area contributed by atoms with Crippen LogP contribution in [0.25, 0.3) is 23.8 Å². The highest BCUT2D eigenvalue weighted by Gasteiger charge is 2.48. The van der Waals surface area contributed by atoms with E-state index in [9.17, 15) is 14.7 Å². The number of nitrogens with one attached hydrogen (secondary N) is 4. The van der Waals surface area contributed by atoms with Gasteiger partial charge < -0.3 is 34.8 Å². The number of fused-ring (bicyclic) bond motifs is 7. The molecule has 0 radical (unpaired) electrons. The Morgan fingerprint density at radius 2 is 1.59 bits per heavy atom. The van der Waals surface area contributed by atoms with Gasteiger partial charge in [-0.25, -0.2) is 0 Å². The molecule has 3 aromatic heterocycles. The number of esters is 2. The summed E-state index contributed by atoms with van der Waals surface area (Å²) in [6.07, 6.45) is 9.74. The van der Waals surface area contributed by atoms with Crippen LogP contribution in [0.15, 0.2) is 23.0 Å². The van der Waals surface area contributed by atoms with Crippen LogP contribution in [-0.4, -0.2) is 45.7 Å².